The van der Waals surface area contributed by atoms with Crippen molar-refractivity contribution in [2.45, 2.75) is 25.3 Å². The maximum Gasteiger partial charge on any atom is 0.246 e. The first-order valence-corrected chi connectivity index (χ1v) is 8.49. The Morgan fingerprint density at radius 1 is 1.43 bits per heavy atom. The molecule has 0 aliphatic heterocycles. The van der Waals surface area contributed by atoms with E-state index >= 15 is 0 Å². The zero-order valence-corrected chi connectivity index (χ0v) is 13.8. The number of sulfonamides is 1. The van der Waals surface area contributed by atoms with Gasteiger partial charge in [0, 0.05) is 30.2 Å². The normalized spacial score (nSPS) is 11.9. The quantitative estimate of drug-likeness (QED) is 0.744. The van der Waals surface area contributed by atoms with E-state index in [-0.39, 0.29) is 30.2 Å². The van der Waals surface area contributed by atoms with E-state index in [1.165, 1.54) is 12.1 Å². The summed E-state index contributed by atoms with van der Waals surface area (Å²) in [5, 5.41) is 3.15. The molecule has 118 valence electrons. The molecule has 7 heteroatoms. The van der Waals surface area contributed by atoms with E-state index in [4.69, 9.17) is 11.6 Å². The van der Waals surface area contributed by atoms with Gasteiger partial charge in [0.2, 0.25) is 10.0 Å². The van der Waals surface area contributed by atoms with Crippen molar-refractivity contribution in [1.82, 2.24) is 9.62 Å². The van der Waals surface area contributed by atoms with Crippen molar-refractivity contribution in [3.05, 3.63) is 41.2 Å². The molecule has 0 aliphatic rings. The topological polar surface area (TPSA) is 49.4 Å². The number of nitrogens with one attached hydrogen (secondary N) is 1. The predicted molar refractivity (Wildman–Crippen MR) is 83.4 cm³/mol. The number of hydrogen-bond acceptors (Lipinski definition) is 3. The predicted octanol–water partition coefficient (Wildman–Crippen LogP) is 2.79. The minimum Gasteiger partial charge on any atom is -0.313 e. The Labute approximate surface area is 130 Å². The van der Waals surface area contributed by atoms with Crippen LogP contribution in [0.4, 0.5) is 4.39 Å². The van der Waals surface area contributed by atoms with E-state index in [0.29, 0.717) is 6.54 Å². The molecular weight excluding hydrogens is 315 g/mol. The Morgan fingerprint density at radius 2 is 2.10 bits per heavy atom. The van der Waals surface area contributed by atoms with Gasteiger partial charge in [0.25, 0.3) is 0 Å². The molecule has 0 unspecified atom stereocenters. The van der Waals surface area contributed by atoms with E-state index in [2.05, 4.69) is 11.9 Å². The van der Waals surface area contributed by atoms with Crippen molar-refractivity contribution in [2.24, 2.45) is 0 Å². The lowest BCUT2D eigenvalue weighted by Gasteiger charge is -2.20. The summed E-state index contributed by atoms with van der Waals surface area (Å²) in [6.45, 7) is 8.29. The van der Waals surface area contributed by atoms with Gasteiger partial charge in [-0.05, 0) is 18.7 Å². The summed E-state index contributed by atoms with van der Waals surface area (Å²) in [7, 11) is -3.94. The summed E-state index contributed by atoms with van der Waals surface area (Å²) in [4.78, 5) is -0.397. The van der Waals surface area contributed by atoms with Gasteiger partial charge in [-0.15, -0.1) is 6.58 Å². The Hall–Kier alpha value is -0.950. The standard InChI is InChI=1S/C14H20ClFN2O2S/c1-4-7-18(6-3)21(19,20)13-9-12(15)8-11(14(13)16)10-17-5-2/h4,8-9,17H,1,5-7,10H2,2-3H3. The molecule has 0 atom stereocenters. The molecule has 1 N–H and O–H groups in total. The molecule has 21 heavy (non-hydrogen) atoms. The summed E-state index contributed by atoms with van der Waals surface area (Å²) in [5.74, 6) is -0.761. The fourth-order valence-corrected chi connectivity index (χ4v) is 3.73. The highest BCUT2D eigenvalue weighted by atomic mass is 35.5. The molecule has 1 aromatic rings. The number of hydrogen-bond donors (Lipinski definition) is 1. The van der Waals surface area contributed by atoms with Crippen LogP contribution in [0.1, 0.15) is 19.4 Å². The molecule has 0 spiro atoms. The zero-order chi connectivity index (χ0) is 16.0. The van der Waals surface area contributed by atoms with Crippen molar-refractivity contribution in [1.29, 1.82) is 0 Å². The molecule has 0 aromatic heterocycles. The average molecular weight is 335 g/mol. The summed E-state index contributed by atoms with van der Waals surface area (Å²) >= 11 is 5.93. The molecule has 0 fully saturated rings. The summed E-state index contributed by atoms with van der Waals surface area (Å²) in [5.41, 5.74) is 0.234. The van der Waals surface area contributed by atoms with Crippen molar-refractivity contribution >= 4 is 21.6 Å². The zero-order valence-electron chi connectivity index (χ0n) is 12.2. The van der Waals surface area contributed by atoms with Gasteiger partial charge in [0.1, 0.15) is 10.7 Å². The van der Waals surface area contributed by atoms with Crippen LogP contribution in [0.3, 0.4) is 0 Å². The van der Waals surface area contributed by atoms with Crippen LogP contribution in [0.2, 0.25) is 5.02 Å². The third-order valence-electron chi connectivity index (χ3n) is 2.95. The molecule has 4 nitrogen and oxygen atoms in total. The highest BCUT2D eigenvalue weighted by Crippen LogP contribution is 2.26. The molecule has 0 heterocycles. The minimum atomic E-state index is -3.94. The highest BCUT2D eigenvalue weighted by Gasteiger charge is 2.27. The van der Waals surface area contributed by atoms with Crippen molar-refractivity contribution in [3.8, 4) is 0 Å². The Balaban J connectivity index is 3.34. The van der Waals surface area contributed by atoms with Crippen LogP contribution in [-0.2, 0) is 16.6 Å². The van der Waals surface area contributed by atoms with Crippen molar-refractivity contribution in [2.75, 3.05) is 19.6 Å². The van der Waals surface area contributed by atoms with Crippen molar-refractivity contribution < 1.29 is 12.8 Å². The van der Waals surface area contributed by atoms with Crippen LogP contribution in [-0.4, -0.2) is 32.4 Å². The maximum atomic E-state index is 14.5. The lowest BCUT2D eigenvalue weighted by atomic mass is 10.2. The van der Waals surface area contributed by atoms with Gasteiger partial charge in [-0.3, -0.25) is 0 Å². The molecule has 0 bridgehead atoms. The summed E-state index contributed by atoms with van der Waals surface area (Å²) in [6.07, 6.45) is 1.46. The van der Waals surface area contributed by atoms with Gasteiger partial charge >= 0.3 is 0 Å². The third kappa shape index (κ3) is 4.26. The van der Waals surface area contributed by atoms with E-state index in [1.807, 2.05) is 6.92 Å². The fraction of sp³-hybridized carbons (Fsp3) is 0.429. The first-order chi connectivity index (χ1) is 9.88. The van der Waals surface area contributed by atoms with Crippen LogP contribution in [0.5, 0.6) is 0 Å². The van der Waals surface area contributed by atoms with Gasteiger partial charge in [0.05, 0.1) is 0 Å². The van der Waals surface area contributed by atoms with Gasteiger partial charge < -0.3 is 5.32 Å². The smallest absolute Gasteiger partial charge is 0.246 e. The first kappa shape index (κ1) is 18.1. The van der Waals surface area contributed by atoms with E-state index in [0.717, 1.165) is 10.4 Å². The first-order valence-electron chi connectivity index (χ1n) is 6.68. The van der Waals surface area contributed by atoms with Crippen molar-refractivity contribution in [3.63, 3.8) is 0 Å². The van der Waals surface area contributed by atoms with E-state index < -0.39 is 20.7 Å². The Kier molecular flexibility index (Phi) is 6.80. The number of likely N-dealkylation sites (N-methyl/N-ethyl adjacent to an activating group) is 1. The fourth-order valence-electron chi connectivity index (χ4n) is 1.87. The molecule has 1 aromatic carbocycles. The van der Waals surface area contributed by atoms with Crippen LogP contribution in [0.15, 0.2) is 29.7 Å². The molecule has 1 rings (SSSR count). The highest BCUT2D eigenvalue weighted by molar-refractivity contribution is 7.89. The van der Waals surface area contributed by atoms with Crippen LogP contribution >= 0.6 is 11.6 Å². The molecule has 0 saturated carbocycles. The Morgan fingerprint density at radius 3 is 2.62 bits per heavy atom. The second-order valence-electron chi connectivity index (χ2n) is 4.40. The summed E-state index contributed by atoms with van der Waals surface area (Å²) in [6, 6.07) is 2.58. The monoisotopic (exact) mass is 334 g/mol. The lowest BCUT2D eigenvalue weighted by Crippen LogP contribution is -2.32. The van der Waals surface area contributed by atoms with Gasteiger partial charge in [-0.1, -0.05) is 31.5 Å². The molecular formula is C14H20ClFN2O2S. The second-order valence-corrected chi connectivity index (χ2v) is 6.74. The van der Waals surface area contributed by atoms with Gasteiger partial charge in [0.15, 0.2) is 0 Å². The molecule has 0 radical (unpaired) electrons. The van der Waals surface area contributed by atoms with E-state index in [9.17, 15) is 12.8 Å². The molecule has 0 saturated heterocycles. The minimum absolute atomic E-state index is 0.118. The Bertz CT molecular complexity index is 605. The maximum absolute atomic E-state index is 14.5. The summed E-state index contributed by atoms with van der Waals surface area (Å²) < 4.78 is 40.6. The molecule has 0 aliphatic carbocycles. The van der Waals surface area contributed by atoms with E-state index in [1.54, 1.807) is 6.92 Å². The third-order valence-corrected chi connectivity index (χ3v) is 5.11. The van der Waals surface area contributed by atoms with Gasteiger partial charge in [-0.25, -0.2) is 12.8 Å². The largest absolute Gasteiger partial charge is 0.313 e. The molecule has 0 amide bonds. The second kappa shape index (κ2) is 7.89. The number of halogens is 2. The van der Waals surface area contributed by atoms with Crippen LogP contribution in [0, 0.1) is 5.82 Å². The number of rotatable bonds is 8. The average Bonchev–Trinajstić information content (AvgIpc) is 2.44. The number of benzene rings is 1. The number of nitrogens with zero attached hydrogens (tertiary/aromatic N) is 1. The van der Waals surface area contributed by atoms with Crippen LogP contribution < -0.4 is 5.32 Å². The van der Waals surface area contributed by atoms with Crippen LogP contribution in [0.25, 0.3) is 0 Å². The SMILES string of the molecule is C=CCN(CC)S(=O)(=O)c1cc(Cl)cc(CNCC)c1F. The lowest BCUT2D eigenvalue weighted by molar-refractivity contribution is 0.452. The van der Waals surface area contributed by atoms with Gasteiger partial charge in [-0.2, -0.15) is 4.31 Å².